The van der Waals surface area contributed by atoms with Crippen molar-refractivity contribution in [2.75, 3.05) is 0 Å². The summed E-state index contributed by atoms with van der Waals surface area (Å²) in [6, 6.07) is 10.3. The van der Waals surface area contributed by atoms with Crippen LogP contribution in [0, 0.1) is 0 Å². The molecule has 2 aromatic rings. The topological polar surface area (TPSA) is 15.8 Å². The van der Waals surface area contributed by atoms with E-state index in [1.165, 1.54) is 10.9 Å². The number of H-pyrrole nitrogens is 1. The van der Waals surface area contributed by atoms with Gasteiger partial charge in [0.1, 0.15) is 0 Å². The Balaban J connectivity index is -0.000000229. The minimum atomic E-state index is 0. The molecular formula is C13H25N. The highest BCUT2D eigenvalue weighted by Gasteiger charge is 1.86. The van der Waals surface area contributed by atoms with Crippen molar-refractivity contribution < 1.29 is 0 Å². The summed E-state index contributed by atoms with van der Waals surface area (Å²) in [6.07, 6.45) is 1.95. The van der Waals surface area contributed by atoms with Crippen LogP contribution in [0.3, 0.4) is 0 Å². The Morgan fingerprint density at radius 2 is 1.43 bits per heavy atom. The molecule has 0 saturated carbocycles. The molecule has 0 spiro atoms. The number of aromatic amines is 1. The second-order valence-electron chi connectivity index (χ2n) is 2.06. The van der Waals surface area contributed by atoms with E-state index in [-0.39, 0.29) is 22.3 Å². The number of hydrogen-bond acceptors (Lipinski definition) is 0. The highest BCUT2D eigenvalue weighted by molar-refractivity contribution is 5.78. The molecule has 0 bridgehead atoms. The van der Waals surface area contributed by atoms with Crippen LogP contribution in [0.25, 0.3) is 10.9 Å². The van der Waals surface area contributed by atoms with E-state index < -0.39 is 0 Å². The fraction of sp³-hybridized carbons (Fsp3) is 0.385. The lowest BCUT2D eigenvalue weighted by molar-refractivity contribution is 1.48. The molecular weight excluding hydrogens is 170 g/mol. The Bertz CT molecular complexity index is 279. The van der Waals surface area contributed by atoms with Crippen molar-refractivity contribution >= 4 is 10.9 Å². The molecule has 1 aromatic heterocycles. The summed E-state index contributed by atoms with van der Waals surface area (Å²) in [5.41, 5.74) is 1.21. The minimum absolute atomic E-state index is 0. The van der Waals surface area contributed by atoms with Crippen molar-refractivity contribution in [3.63, 3.8) is 0 Å². The molecule has 0 aliphatic heterocycles. The lowest BCUT2D eigenvalue weighted by Crippen LogP contribution is -1.61. The van der Waals surface area contributed by atoms with Crippen molar-refractivity contribution in [2.24, 2.45) is 0 Å². The first-order valence-corrected chi connectivity index (χ1v) is 3.99. The van der Waals surface area contributed by atoms with Crippen LogP contribution < -0.4 is 0 Å². The molecule has 0 unspecified atom stereocenters. The summed E-state index contributed by atoms with van der Waals surface area (Å²) < 4.78 is 0. The fourth-order valence-corrected chi connectivity index (χ4v) is 0.995. The van der Waals surface area contributed by atoms with Crippen LogP contribution in [0.4, 0.5) is 0 Å². The van der Waals surface area contributed by atoms with Crippen LogP contribution >= 0.6 is 0 Å². The Hall–Kier alpha value is -1.24. The highest BCUT2D eigenvalue weighted by atomic mass is 14.6. The van der Waals surface area contributed by atoms with E-state index in [0.29, 0.717) is 0 Å². The van der Waals surface area contributed by atoms with Gasteiger partial charge in [0.15, 0.2) is 0 Å². The van der Waals surface area contributed by atoms with E-state index in [0.717, 1.165) is 0 Å². The largest absolute Gasteiger partial charge is 0.361 e. The Labute approximate surface area is 89.2 Å². The normalized spacial score (nSPS) is 7.00. The number of aromatic nitrogens is 1. The lowest BCUT2D eigenvalue weighted by Gasteiger charge is -1.83. The van der Waals surface area contributed by atoms with Gasteiger partial charge < -0.3 is 4.98 Å². The molecule has 1 heterocycles. The van der Waals surface area contributed by atoms with Crippen molar-refractivity contribution in [1.29, 1.82) is 0 Å². The van der Waals surface area contributed by atoms with Crippen LogP contribution in [-0.2, 0) is 0 Å². The zero-order valence-corrected chi connectivity index (χ0v) is 6.96. The van der Waals surface area contributed by atoms with Crippen molar-refractivity contribution in [3.05, 3.63) is 36.5 Å². The molecule has 0 aliphatic rings. The van der Waals surface area contributed by atoms with Crippen LogP contribution in [0.15, 0.2) is 36.5 Å². The third-order valence-corrected chi connectivity index (χ3v) is 1.46. The molecule has 0 aliphatic carbocycles. The van der Waals surface area contributed by atoms with Gasteiger partial charge in [-0.3, -0.25) is 0 Å². The van der Waals surface area contributed by atoms with E-state index in [1.807, 2.05) is 32.2 Å². The van der Waals surface area contributed by atoms with Crippen molar-refractivity contribution in [1.82, 2.24) is 4.98 Å². The molecule has 1 nitrogen and oxygen atoms in total. The SMILES string of the molecule is C.C.C.CC.c1ccc2[nH]ccc2c1. The van der Waals surface area contributed by atoms with Gasteiger partial charge in [-0.1, -0.05) is 54.3 Å². The zero-order valence-electron chi connectivity index (χ0n) is 6.96. The second kappa shape index (κ2) is 9.85. The number of benzene rings is 1. The van der Waals surface area contributed by atoms with Crippen LogP contribution in [0.5, 0.6) is 0 Å². The summed E-state index contributed by atoms with van der Waals surface area (Å²) in [7, 11) is 0. The number of fused-ring (bicyclic) bond motifs is 1. The standard InChI is InChI=1S/C8H7N.C2H6.3CH4/c1-2-4-8-7(3-1)5-6-9-8;1-2;;;/h1-6,9H;1-2H3;3*1H4. The van der Waals surface area contributed by atoms with Gasteiger partial charge in [0.2, 0.25) is 0 Å². The molecule has 0 saturated heterocycles. The van der Waals surface area contributed by atoms with Crippen molar-refractivity contribution in [3.8, 4) is 0 Å². The van der Waals surface area contributed by atoms with Gasteiger partial charge in [-0.15, -0.1) is 0 Å². The monoisotopic (exact) mass is 195 g/mol. The first-order chi connectivity index (χ1) is 5.47. The molecule has 0 atom stereocenters. The molecule has 0 radical (unpaired) electrons. The van der Waals surface area contributed by atoms with E-state index in [1.54, 1.807) is 0 Å². The molecule has 14 heavy (non-hydrogen) atoms. The summed E-state index contributed by atoms with van der Waals surface area (Å²) in [5.74, 6) is 0. The molecule has 0 amide bonds. The number of hydrogen-bond donors (Lipinski definition) is 1. The van der Waals surface area contributed by atoms with Crippen LogP contribution in [0.2, 0.25) is 0 Å². The summed E-state index contributed by atoms with van der Waals surface area (Å²) >= 11 is 0. The lowest BCUT2D eigenvalue weighted by atomic mass is 10.3. The Kier molecular flexibility index (Phi) is 13.0. The van der Waals surface area contributed by atoms with Gasteiger partial charge in [-0.2, -0.15) is 0 Å². The average molecular weight is 195 g/mol. The third-order valence-electron chi connectivity index (χ3n) is 1.46. The quantitative estimate of drug-likeness (QED) is 0.601. The van der Waals surface area contributed by atoms with Gasteiger partial charge in [-0.25, -0.2) is 0 Å². The molecule has 1 aromatic carbocycles. The Morgan fingerprint density at radius 3 is 2.00 bits per heavy atom. The maximum atomic E-state index is 3.12. The van der Waals surface area contributed by atoms with Crippen LogP contribution in [0.1, 0.15) is 36.1 Å². The maximum absolute atomic E-state index is 3.12. The zero-order chi connectivity index (χ0) is 8.10. The first-order valence-electron chi connectivity index (χ1n) is 3.99. The number of para-hydroxylation sites is 1. The molecule has 1 heteroatoms. The van der Waals surface area contributed by atoms with Crippen molar-refractivity contribution in [2.45, 2.75) is 36.1 Å². The van der Waals surface area contributed by atoms with E-state index >= 15 is 0 Å². The second-order valence-corrected chi connectivity index (χ2v) is 2.06. The van der Waals surface area contributed by atoms with E-state index in [9.17, 15) is 0 Å². The van der Waals surface area contributed by atoms with E-state index in [4.69, 9.17) is 0 Å². The maximum Gasteiger partial charge on any atom is 0.0453 e. The molecule has 2 rings (SSSR count). The molecule has 82 valence electrons. The minimum Gasteiger partial charge on any atom is -0.361 e. The summed E-state index contributed by atoms with van der Waals surface area (Å²) in [5, 5.41) is 1.28. The smallest absolute Gasteiger partial charge is 0.0453 e. The van der Waals surface area contributed by atoms with Gasteiger partial charge in [0.25, 0.3) is 0 Å². The predicted molar refractivity (Wildman–Crippen MR) is 69.8 cm³/mol. The number of nitrogens with one attached hydrogen (secondary N) is 1. The number of rotatable bonds is 0. The van der Waals surface area contributed by atoms with Gasteiger partial charge in [0.05, 0.1) is 0 Å². The summed E-state index contributed by atoms with van der Waals surface area (Å²) in [6.45, 7) is 4.00. The Morgan fingerprint density at radius 1 is 0.857 bits per heavy atom. The molecule has 0 fully saturated rings. The van der Waals surface area contributed by atoms with Gasteiger partial charge in [-0.05, 0) is 17.5 Å². The fourth-order valence-electron chi connectivity index (χ4n) is 0.995. The third kappa shape index (κ3) is 4.13. The highest BCUT2D eigenvalue weighted by Crippen LogP contribution is 2.09. The molecule has 1 N–H and O–H groups in total. The average Bonchev–Trinajstić information content (AvgIpc) is 2.55. The van der Waals surface area contributed by atoms with E-state index in [2.05, 4.69) is 23.2 Å². The predicted octanol–water partition coefficient (Wildman–Crippen LogP) is 5.10. The summed E-state index contributed by atoms with van der Waals surface area (Å²) in [4.78, 5) is 3.12. The van der Waals surface area contributed by atoms with Gasteiger partial charge >= 0.3 is 0 Å². The van der Waals surface area contributed by atoms with Gasteiger partial charge in [0, 0.05) is 11.7 Å². The first kappa shape index (κ1) is 18.5. The van der Waals surface area contributed by atoms with Crippen LogP contribution in [-0.4, -0.2) is 4.98 Å².